The van der Waals surface area contributed by atoms with Crippen LogP contribution in [-0.2, 0) is 6.42 Å². The number of methoxy groups -OCH3 is 6. The van der Waals surface area contributed by atoms with E-state index in [1.807, 2.05) is 12.1 Å². The molecule has 0 heterocycles. The predicted octanol–water partition coefficient (Wildman–Crippen LogP) is 4.92. The largest absolute Gasteiger partial charge is 0.497 e. The summed E-state index contributed by atoms with van der Waals surface area (Å²) in [6, 6.07) is 12.4. The van der Waals surface area contributed by atoms with Crippen LogP contribution in [0.5, 0.6) is 34.5 Å². The number of benzene rings is 3. The summed E-state index contributed by atoms with van der Waals surface area (Å²) in [5, 5.41) is 0. The molecule has 3 aromatic rings. The second-order valence-corrected chi connectivity index (χ2v) is 8.26. The summed E-state index contributed by atoms with van der Waals surface area (Å²) in [7, 11) is 10.1. The first-order valence-electron chi connectivity index (χ1n) is 10.8. The van der Waals surface area contributed by atoms with E-state index in [1.165, 1.54) is 22.3 Å². The van der Waals surface area contributed by atoms with E-state index in [0.29, 0.717) is 11.5 Å². The van der Waals surface area contributed by atoms with Crippen LogP contribution in [0.15, 0.2) is 36.4 Å². The number of hydrogen-bond donors (Lipinski definition) is 0. The third kappa shape index (κ3) is 3.08. The van der Waals surface area contributed by atoms with Gasteiger partial charge in [-0.05, 0) is 58.5 Å². The lowest BCUT2D eigenvalue weighted by Crippen LogP contribution is -2.18. The van der Waals surface area contributed by atoms with Crippen LogP contribution in [0.25, 0.3) is 0 Å². The van der Waals surface area contributed by atoms with E-state index in [-0.39, 0.29) is 11.8 Å². The van der Waals surface area contributed by atoms with Gasteiger partial charge < -0.3 is 28.4 Å². The number of rotatable bonds is 6. The summed E-state index contributed by atoms with van der Waals surface area (Å²) in [6.45, 7) is 0. The Kier molecular flexibility index (Phi) is 5.23. The highest BCUT2D eigenvalue weighted by atomic mass is 16.5. The fourth-order valence-corrected chi connectivity index (χ4v) is 5.45. The van der Waals surface area contributed by atoms with Gasteiger partial charge in [0.25, 0.3) is 0 Å². The minimum Gasteiger partial charge on any atom is -0.497 e. The van der Waals surface area contributed by atoms with E-state index in [0.717, 1.165) is 40.5 Å². The maximum atomic E-state index is 5.91. The van der Waals surface area contributed by atoms with E-state index < -0.39 is 0 Å². The summed E-state index contributed by atoms with van der Waals surface area (Å²) in [4.78, 5) is 0. The molecule has 172 valence electrons. The van der Waals surface area contributed by atoms with Crippen LogP contribution in [0.1, 0.15) is 45.2 Å². The summed E-state index contributed by atoms with van der Waals surface area (Å²) in [5.41, 5.74) is 7.01. The van der Waals surface area contributed by atoms with Gasteiger partial charge in [-0.3, -0.25) is 0 Å². The lowest BCUT2D eigenvalue weighted by Gasteiger charge is -2.33. The van der Waals surface area contributed by atoms with Gasteiger partial charge in [-0.2, -0.15) is 0 Å². The molecule has 2 bridgehead atoms. The van der Waals surface area contributed by atoms with Crippen LogP contribution in [0.3, 0.4) is 0 Å². The summed E-state index contributed by atoms with van der Waals surface area (Å²) in [5.74, 6) is 4.55. The first kappa shape index (κ1) is 21.3. The molecule has 3 aliphatic rings. The Balaban J connectivity index is 1.90. The van der Waals surface area contributed by atoms with Crippen LogP contribution < -0.4 is 28.4 Å². The Morgan fingerprint density at radius 1 is 0.515 bits per heavy atom. The molecule has 0 N–H and O–H groups in total. The topological polar surface area (TPSA) is 55.4 Å². The monoisotopic (exact) mass is 448 g/mol. The lowest BCUT2D eigenvalue weighted by molar-refractivity contribution is 0.353. The molecule has 0 amide bonds. The zero-order valence-electron chi connectivity index (χ0n) is 19.8. The van der Waals surface area contributed by atoms with Crippen molar-refractivity contribution in [2.45, 2.75) is 18.3 Å². The van der Waals surface area contributed by atoms with Gasteiger partial charge >= 0.3 is 0 Å². The third-order valence-corrected chi connectivity index (χ3v) is 6.93. The van der Waals surface area contributed by atoms with E-state index in [2.05, 4.69) is 24.3 Å². The molecule has 2 atom stereocenters. The molecule has 2 unspecified atom stereocenters. The molecule has 0 radical (unpaired) electrons. The van der Waals surface area contributed by atoms with Crippen LogP contribution in [-0.4, -0.2) is 42.7 Å². The second-order valence-electron chi connectivity index (χ2n) is 8.26. The molecular weight excluding hydrogens is 420 g/mol. The smallest absolute Gasteiger partial charge is 0.161 e. The van der Waals surface area contributed by atoms with Gasteiger partial charge in [0.2, 0.25) is 0 Å². The molecule has 0 saturated heterocycles. The van der Waals surface area contributed by atoms with Gasteiger partial charge in [-0.25, -0.2) is 0 Å². The van der Waals surface area contributed by atoms with Crippen molar-refractivity contribution in [1.82, 2.24) is 0 Å². The fraction of sp³-hybridized carbons (Fsp3) is 0.333. The summed E-state index contributed by atoms with van der Waals surface area (Å²) >= 11 is 0. The Morgan fingerprint density at radius 3 is 1.64 bits per heavy atom. The Morgan fingerprint density at radius 2 is 1.06 bits per heavy atom. The minimum absolute atomic E-state index is 0.0681. The van der Waals surface area contributed by atoms with Crippen molar-refractivity contribution in [2.75, 3.05) is 42.7 Å². The number of ether oxygens (including phenoxy) is 6. The second kappa shape index (κ2) is 8.10. The highest BCUT2D eigenvalue weighted by Gasteiger charge is 2.42. The van der Waals surface area contributed by atoms with Crippen molar-refractivity contribution in [3.8, 4) is 34.5 Å². The zero-order valence-corrected chi connectivity index (χ0v) is 19.8. The van der Waals surface area contributed by atoms with Crippen molar-refractivity contribution >= 4 is 0 Å². The van der Waals surface area contributed by atoms with Gasteiger partial charge in [0.15, 0.2) is 11.5 Å². The molecular formula is C27H28O6. The Bertz CT molecular complexity index is 1230. The molecule has 6 heteroatoms. The predicted molar refractivity (Wildman–Crippen MR) is 125 cm³/mol. The summed E-state index contributed by atoms with van der Waals surface area (Å²) < 4.78 is 34.4. The SMILES string of the molecule is COc1cc(OC)c2c(c1)C1Cc3c(OC)cc(OC)cc3C2c2cc(OC)c(OC)cc21. The van der Waals surface area contributed by atoms with Gasteiger partial charge in [0.1, 0.15) is 23.0 Å². The van der Waals surface area contributed by atoms with Crippen LogP contribution in [0.2, 0.25) is 0 Å². The van der Waals surface area contributed by atoms with Crippen molar-refractivity contribution in [3.63, 3.8) is 0 Å². The standard InChI is InChI=1S/C27H28O6/c1-28-14-8-20-18(22(9-14)30-3)11-16-17-12-23(31-4)24(32-5)13-21(17)26(20)27-19(16)7-15(29-2)10-25(27)33-6/h7-10,12-13,16,26H,11H2,1-6H3. The van der Waals surface area contributed by atoms with Crippen LogP contribution in [0, 0.1) is 0 Å². The third-order valence-electron chi connectivity index (χ3n) is 6.93. The van der Waals surface area contributed by atoms with Crippen molar-refractivity contribution < 1.29 is 28.4 Å². The average molecular weight is 449 g/mol. The van der Waals surface area contributed by atoms with Gasteiger partial charge in [-0.1, -0.05) is 0 Å². The number of hydrogen-bond acceptors (Lipinski definition) is 6. The first-order valence-corrected chi connectivity index (χ1v) is 10.8. The highest BCUT2D eigenvalue weighted by Crippen LogP contribution is 2.58. The Hall–Kier alpha value is -3.54. The lowest BCUT2D eigenvalue weighted by atomic mass is 9.72. The molecule has 0 saturated carbocycles. The van der Waals surface area contributed by atoms with Crippen molar-refractivity contribution in [2.24, 2.45) is 0 Å². The van der Waals surface area contributed by atoms with Crippen LogP contribution >= 0.6 is 0 Å². The van der Waals surface area contributed by atoms with E-state index in [1.54, 1.807) is 42.7 Å². The van der Waals surface area contributed by atoms with Gasteiger partial charge in [0, 0.05) is 29.5 Å². The van der Waals surface area contributed by atoms with E-state index in [4.69, 9.17) is 28.4 Å². The van der Waals surface area contributed by atoms with Gasteiger partial charge in [0.05, 0.1) is 42.7 Å². The fourth-order valence-electron chi connectivity index (χ4n) is 5.45. The molecule has 33 heavy (non-hydrogen) atoms. The normalized spacial score (nSPS) is 17.3. The van der Waals surface area contributed by atoms with E-state index >= 15 is 0 Å². The minimum atomic E-state index is -0.0894. The summed E-state index contributed by atoms with van der Waals surface area (Å²) in [6.07, 6.45) is 0.769. The zero-order chi connectivity index (χ0) is 23.3. The van der Waals surface area contributed by atoms with Gasteiger partial charge in [-0.15, -0.1) is 0 Å². The molecule has 0 spiro atoms. The quantitative estimate of drug-likeness (QED) is 0.534. The molecule has 0 aromatic heterocycles. The molecule has 6 nitrogen and oxygen atoms in total. The van der Waals surface area contributed by atoms with Crippen molar-refractivity contribution in [3.05, 3.63) is 69.8 Å². The molecule has 0 aliphatic heterocycles. The Labute approximate surface area is 193 Å². The molecule has 6 rings (SSSR count). The maximum Gasteiger partial charge on any atom is 0.161 e. The highest BCUT2D eigenvalue weighted by molar-refractivity contribution is 5.70. The van der Waals surface area contributed by atoms with Crippen molar-refractivity contribution in [1.29, 1.82) is 0 Å². The first-order chi connectivity index (χ1) is 16.1. The van der Waals surface area contributed by atoms with E-state index in [9.17, 15) is 0 Å². The van der Waals surface area contributed by atoms with Crippen LogP contribution in [0.4, 0.5) is 0 Å². The maximum absolute atomic E-state index is 5.91. The molecule has 0 fully saturated rings. The molecule has 3 aromatic carbocycles. The average Bonchev–Trinajstić information content (AvgIpc) is 3.09. The molecule has 3 aliphatic carbocycles.